The van der Waals surface area contributed by atoms with Crippen LogP contribution >= 0.6 is 23.2 Å². The Morgan fingerprint density at radius 2 is 1.60 bits per heavy atom. The van der Waals surface area contributed by atoms with Crippen LogP contribution in [0, 0.1) is 11.6 Å². The van der Waals surface area contributed by atoms with E-state index in [4.69, 9.17) is 27.9 Å². The van der Waals surface area contributed by atoms with E-state index in [0.717, 1.165) is 18.2 Å². The first kappa shape index (κ1) is 19.1. The van der Waals surface area contributed by atoms with Gasteiger partial charge in [0.1, 0.15) is 17.3 Å². The Hall–Kier alpha value is -2.18. The van der Waals surface area contributed by atoms with Gasteiger partial charge in [-0.2, -0.15) is 0 Å². The standard InChI is InChI=1S/C17H13Cl2F2NO3/c1-9(17(24)22-16-13(20)6-3-7-14(16)21)25-15(23)8-10-11(18)4-2-5-12(10)19/h2-7,9H,8H2,1H3,(H,22,24). The van der Waals surface area contributed by atoms with E-state index in [0.29, 0.717) is 5.56 Å². The second kappa shape index (κ2) is 8.27. The van der Waals surface area contributed by atoms with Gasteiger partial charge in [-0.3, -0.25) is 9.59 Å². The molecule has 0 aromatic heterocycles. The van der Waals surface area contributed by atoms with E-state index in [-0.39, 0.29) is 16.5 Å². The van der Waals surface area contributed by atoms with Crippen LogP contribution in [0.2, 0.25) is 10.0 Å². The molecular weight excluding hydrogens is 375 g/mol. The van der Waals surface area contributed by atoms with Gasteiger partial charge in [0.2, 0.25) is 0 Å². The summed E-state index contributed by atoms with van der Waals surface area (Å²) in [6.45, 7) is 1.28. The molecule has 1 unspecified atom stereocenters. The lowest BCUT2D eigenvalue weighted by molar-refractivity contribution is -0.152. The van der Waals surface area contributed by atoms with E-state index in [9.17, 15) is 18.4 Å². The fourth-order valence-corrected chi connectivity index (χ4v) is 2.51. The Balaban J connectivity index is 2.00. The second-order valence-electron chi connectivity index (χ2n) is 5.09. The van der Waals surface area contributed by atoms with Crippen molar-refractivity contribution >= 4 is 40.8 Å². The first-order valence-corrected chi connectivity index (χ1v) is 7.92. The Kier molecular flexibility index (Phi) is 6.33. The van der Waals surface area contributed by atoms with Crippen LogP contribution < -0.4 is 5.32 Å². The number of para-hydroxylation sites is 1. The number of hydrogen-bond acceptors (Lipinski definition) is 3. The minimum atomic E-state index is -1.27. The number of ether oxygens (including phenoxy) is 1. The molecule has 0 saturated carbocycles. The summed E-state index contributed by atoms with van der Waals surface area (Å²) < 4.78 is 32.0. The number of amides is 1. The van der Waals surface area contributed by atoms with Gasteiger partial charge < -0.3 is 10.1 Å². The molecule has 1 N–H and O–H groups in total. The zero-order chi connectivity index (χ0) is 18.6. The summed E-state index contributed by atoms with van der Waals surface area (Å²) in [6.07, 6.45) is -1.52. The van der Waals surface area contributed by atoms with Crippen molar-refractivity contribution in [2.75, 3.05) is 5.32 Å². The number of carbonyl (C=O) groups is 2. The Labute approximate surface area is 152 Å². The Bertz CT molecular complexity index is 774. The molecule has 0 heterocycles. The van der Waals surface area contributed by atoms with Crippen LogP contribution in [0.3, 0.4) is 0 Å². The lowest BCUT2D eigenvalue weighted by Crippen LogP contribution is -2.31. The molecule has 0 aliphatic heterocycles. The van der Waals surface area contributed by atoms with Gasteiger partial charge in [0, 0.05) is 15.6 Å². The van der Waals surface area contributed by atoms with E-state index >= 15 is 0 Å². The molecule has 25 heavy (non-hydrogen) atoms. The third-order valence-corrected chi connectivity index (χ3v) is 3.98. The monoisotopic (exact) mass is 387 g/mol. The summed E-state index contributed by atoms with van der Waals surface area (Å²) in [4.78, 5) is 23.9. The Morgan fingerprint density at radius 3 is 2.16 bits per heavy atom. The normalized spacial score (nSPS) is 11.7. The van der Waals surface area contributed by atoms with Gasteiger partial charge in [0.25, 0.3) is 5.91 Å². The number of rotatable bonds is 5. The fourth-order valence-electron chi connectivity index (χ4n) is 1.98. The summed E-state index contributed by atoms with van der Waals surface area (Å²) in [5, 5.41) is 2.63. The van der Waals surface area contributed by atoms with Crippen molar-refractivity contribution in [1.29, 1.82) is 0 Å². The topological polar surface area (TPSA) is 55.4 Å². The maximum atomic E-state index is 13.5. The molecule has 2 rings (SSSR count). The van der Waals surface area contributed by atoms with Crippen molar-refractivity contribution in [1.82, 2.24) is 0 Å². The number of anilines is 1. The summed E-state index contributed by atoms with van der Waals surface area (Å²) in [7, 11) is 0. The van der Waals surface area contributed by atoms with Crippen molar-refractivity contribution < 1.29 is 23.1 Å². The molecule has 0 bridgehead atoms. The highest BCUT2D eigenvalue weighted by Gasteiger charge is 2.22. The first-order chi connectivity index (χ1) is 11.8. The quantitative estimate of drug-likeness (QED) is 0.774. The summed E-state index contributed by atoms with van der Waals surface area (Å²) in [6, 6.07) is 7.90. The Morgan fingerprint density at radius 1 is 1.08 bits per heavy atom. The molecule has 0 aliphatic carbocycles. The molecule has 4 nitrogen and oxygen atoms in total. The zero-order valence-corrected chi connectivity index (χ0v) is 14.5. The molecular formula is C17H13Cl2F2NO3. The molecule has 0 radical (unpaired) electrons. The summed E-state index contributed by atoms with van der Waals surface area (Å²) in [5.41, 5.74) is -0.242. The SMILES string of the molecule is CC(OC(=O)Cc1c(Cl)cccc1Cl)C(=O)Nc1c(F)cccc1F. The van der Waals surface area contributed by atoms with E-state index in [1.807, 2.05) is 0 Å². The van der Waals surface area contributed by atoms with E-state index < -0.39 is 35.3 Å². The highest BCUT2D eigenvalue weighted by molar-refractivity contribution is 6.36. The number of esters is 1. The van der Waals surface area contributed by atoms with Crippen LogP contribution in [0.4, 0.5) is 14.5 Å². The van der Waals surface area contributed by atoms with Gasteiger partial charge in [0.05, 0.1) is 6.42 Å². The predicted octanol–water partition coefficient (Wildman–Crippen LogP) is 4.38. The van der Waals surface area contributed by atoms with Crippen molar-refractivity contribution in [3.63, 3.8) is 0 Å². The average molecular weight is 388 g/mol. The average Bonchev–Trinajstić information content (AvgIpc) is 2.54. The third-order valence-electron chi connectivity index (χ3n) is 3.27. The fraction of sp³-hybridized carbons (Fsp3) is 0.176. The van der Waals surface area contributed by atoms with Crippen molar-refractivity contribution in [2.24, 2.45) is 0 Å². The third kappa shape index (κ3) is 4.90. The second-order valence-corrected chi connectivity index (χ2v) is 5.91. The number of hydrogen-bond donors (Lipinski definition) is 1. The number of carbonyl (C=O) groups excluding carboxylic acids is 2. The van der Waals surface area contributed by atoms with Crippen LogP contribution in [0.1, 0.15) is 12.5 Å². The first-order valence-electron chi connectivity index (χ1n) is 7.17. The lowest BCUT2D eigenvalue weighted by atomic mass is 10.1. The van der Waals surface area contributed by atoms with Crippen molar-refractivity contribution in [2.45, 2.75) is 19.4 Å². The summed E-state index contributed by atoms with van der Waals surface area (Å²) >= 11 is 11.9. The molecule has 2 aromatic carbocycles. The van der Waals surface area contributed by atoms with Gasteiger partial charge in [0.15, 0.2) is 6.10 Å². The largest absolute Gasteiger partial charge is 0.452 e. The molecule has 0 spiro atoms. The molecule has 0 fully saturated rings. The molecule has 1 atom stereocenters. The van der Waals surface area contributed by atoms with Crippen LogP contribution in [-0.2, 0) is 20.7 Å². The van der Waals surface area contributed by atoms with Crippen LogP contribution in [0.25, 0.3) is 0 Å². The van der Waals surface area contributed by atoms with E-state index in [2.05, 4.69) is 5.32 Å². The van der Waals surface area contributed by atoms with Crippen LogP contribution in [-0.4, -0.2) is 18.0 Å². The van der Waals surface area contributed by atoms with Crippen LogP contribution in [0.5, 0.6) is 0 Å². The number of halogens is 4. The molecule has 8 heteroatoms. The van der Waals surface area contributed by atoms with E-state index in [1.54, 1.807) is 18.2 Å². The zero-order valence-electron chi connectivity index (χ0n) is 13.0. The highest BCUT2D eigenvalue weighted by Crippen LogP contribution is 2.25. The minimum absolute atomic E-state index is 0.246. The predicted molar refractivity (Wildman–Crippen MR) is 90.7 cm³/mol. The van der Waals surface area contributed by atoms with E-state index in [1.165, 1.54) is 6.92 Å². The van der Waals surface area contributed by atoms with Gasteiger partial charge in [-0.25, -0.2) is 8.78 Å². The molecule has 132 valence electrons. The lowest BCUT2D eigenvalue weighted by Gasteiger charge is -2.15. The highest BCUT2D eigenvalue weighted by atomic mass is 35.5. The number of nitrogens with one attached hydrogen (secondary N) is 1. The van der Waals surface area contributed by atoms with Crippen LogP contribution in [0.15, 0.2) is 36.4 Å². The van der Waals surface area contributed by atoms with Crippen molar-refractivity contribution in [3.05, 3.63) is 63.6 Å². The van der Waals surface area contributed by atoms with Gasteiger partial charge >= 0.3 is 5.97 Å². The minimum Gasteiger partial charge on any atom is -0.452 e. The molecule has 2 aromatic rings. The van der Waals surface area contributed by atoms with Gasteiger partial charge in [-0.15, -0.1) is 0 Å². The van der Waals surface area contributed by atoms with Gasteiger partial charge in [-0.1, -0.05) is 35.3 Å². The van der Waals surface area contributed by atoms with Crippen molar-refractivity contribution in [3.8, 4) is 0 Å². The smallest absolute Gasteiger partial charge is 0.311 e. The van der Waals surface area contributed by atoms with Gasteiger partial charge in [-0.05, 0) is 31.2 Å². The maximum Gasteiger partial charge on any atom is 0.311 e. The summed E-state index contributed by atoms with van der Waals surface area (Å²) in [5.74, 6) is -3.50. The molecule has 0 saturated heterocycles. The molecule has 0 aliphatic rings. The maximum absolute atomic E-state index is 13.5. The molecule has 1 amide bonds. The number of benzene rings is 2.